The third-order valence-corrected chi connectivity index (χ3v) is 9.02. The molecule has 5 rings (SSSR count). The van der Waals surface area contributed by atoms with E-state index in [0.29, 0.717) is 16.9 Å². The smallest absolute Gasteiger partial charge is 0.355 e. The van der Waals surface area contributed by atoms with Gasteiger partial charge in [0, 0.05) is 16.7 Å². The summed E-state index contributed by atoms with van der Waals surface area (Å²) in [6.45, 7) is -0.0992. The van der Waals surface area contributed by atoms with Gasteiger partial charge in [0.2, 0.25) is 5.91 Å². The van der Waals surface area contributed by atoms with Gasteiger partial charge in [0.05, 0.1) is 35.0 Å². The van der Waals surface area contributed by atoms with Crippen LogP contribution < -0.4 is 10.1 Å². The number of thiophene rings is 1. The number of carbonyl (C=O) groups is 3. The maximum Gasteiger partial charge on any atom is 0.355 e. The highest BCUT2D eigenvalue weighted by Crippen LogP contribution is 2.41. The lowest BCUT2D eigenvalue weighted by atomic mass is 10.0. The van der Waals surface area contributed by atoms with Crippen LogP contribution in [-0.4, -0.2) is 56.8 Å². The van der Waals surface area contributed by atoms with Crippen LogP contribution in [0.25, 0.3) is 6.08 Å². The quantitative estimate of drug-likeness (QED) is 0.139. The average Bonchev–Trinajstić information content (AvgIpc) is 3.53. The van der Waals surface area contributed by atoms with Crippen LogP contribution in [0.1, 0.15) is 16.0 Å². The molecule has 2 aromatic carbocycles. The standard InChI is InChI=1S/C29H24N4O9S2/c1-41-21-10-4-17(5-11-21)15-42-29(36)26-19(7-6-18-8-9-20(32(37)38)13-23(18)33(39)40)16-44-28-25(27(35)31(26)28)30-24(34)14-22-3-2-12-43-22/h2-13,25,28H,14-16H2,1H3,(H,30,34)/b7-6-/t25-,28-/m1/s1. The SMILES string of the molecule is COc1ccc(COC(=O)C2=C(/C=C\c3ccc([N+](=O)[O-])cc3[N+](=O)[O-])CS[C@@H]3[C@H](NC(=O)Cc4cccs4)C(=O)N23)cc1. The van der Waals surface area contributed by atoms with Gasteiger partial charge in [-0.2, -0.15) is 0 Å². The van der Waals surface area contributed by atoms with E-state index in [-0.39, 0.29) is 35.9 Å². The molecule has 0 saturated carbocycles. The van der Waals surface area contributed by atoms with Gasteiger partial charge in [-0.25, -0.2) is 4.79 Å². The van der Waals surface area contributed by atoms with Crippen molar-refractivity contribution in [1.82, 2.24) is 10.2 Å². The van der Waals surface area contributed by atoms with E-state index in [1.165, 1.54) is 53.3 Å². The van der Waals surface area contributed by atoms with Gasteiger partial charge in [-0.3, -0.25) is 34.7 Å². The minimum Gasteiger partial charge on any atom is -0.497 e. The number of non-ortho nitro benzene ring substituents is 1. The fourth-order valence-electron chi connectivity index (χ4n) is 4.63. The molecule has 13 nitrogen and oxygen atoms in total. The Morgan fingerprint density at radius 2 is 1.86 bits per heavy atom. The topological polar surface area (TPSA) is 171 Å². The number of nitrogens with one attached hydrogen (secondary N) is 1. The molecular weight excluding hydrogens is 612 g/mol. The molecule has 3 heterocycles. The molecule has 0 radical (unpaired) electrons. The van der Waals surface area contributed by atoms with Gasteiger partial charge in [0.15, 0.2) is 0 Å². The van der Waals surface area contributed by atoms with Crippen molar-refractivity contribution in [1.29, 1.82) is 0 Å². The lowest BCUT2D eigenvalue weighted by Crippen LogP contribution is -2.70. The molecule has 0 unspecified atom stereocenters. The fraction of sp³-hybridized carbons (Fsp3) is 0.207. The van der Waals surface area contributed by atoms with Crippen LogP contribution in [0.3, 0.4) is 0 Å². The number of benzene rings is 2. The number of esters is 1. The third kappa shape index (κ3) is 6.48. The first-order valence-electron chi connectivity index (χ1n) is 13.1. The Hall–Kier alpha value is -5.02. The number of nitro groups is 2. The molecule has 1 N–H and O–H groups in total. The Morgan fingerprint density at radius 1 is 1.09 bits per heavy atom. The van der Waals surface area contributed by atoms with Gasteiger partial charge >= 0.3 is 5.97 Å². The maximum absolute atomic E-state index is 13.5. The number of fused-ring (bicyclic) bond motifs is 1. The van der Waals surface area contributed by atoms with Gasteiger partial charge in [-0.15, -0.1) is 23.1 Å². The highest BCUT2D eigenvalue weighted by molar-refractivity contribution is 8.00. The first-order chi connectivity index (χ1) is 21.2. The van der Waals surface area contributed by atoms with Crippen molar-refractivity contribution in [3.8, 4) is 5.75 Å². The molecule has 1 saturated heterocycles. The molecule has 0 aliphatic carbocycles. The minimum atomic E-state index is -0.849. The van der Waals surface area contributed by atoms with E-state index in [9.17, 15) is 34.6 Å². The Bertz CT molecular complexity index is 1690. The Morgan fingerprint density at radius 3 is 2.52 bits per heavy atom. The zero-order valence-electron chi connectivity index (χ0n) is 23.0. The van der Waals surface area contributed by atoms with Crippen molar-refractivity contribution in [2.24, 2.45) is 0 Å². The van der Waals surface area contributed by atoms with E-state index >= 15 is 0 Å². The molecule has 3 aromatic rings. The summed E-state index contributed by atoms with van der Waals surface area (Å²) in [6, 6.07) is 12.9. The van der Waals surface area contributed by atoms with Crippen molar-refractivity contribution in [2.75, 3.05) is 12.9 Å². The summed E-state index contributed by atoms with van der Waals surface area (Å²) in [4.78, 5) is 62.8. The second kappa shape index (κ2) is 13.1. The molecule has 0 bridgehead atoms. The first kappa shape index (κ1) is 30.4. The number of nitrogens with zero attached hydrogens (tertiary/aromatic N) is 3. The Labute approximate surface area is 258 Å². The van der Waals surface area contributed by atoms with Crippen LogP contribution in [0.15, 0.2) is 77.3 Å². The Kier molecular flexibility index (Phi) is 9.06. The molecule has 2 aliphatic heterocycles. The molecule has 2 aliphatic rings. The van der Waals surface area contributed by atoms with Crippen LogP contribution in [0, 0.1) is 20.2 Å². The van der Waals surface area contributed by atoms with Crippen LogP contribution in [0.5, 0.6) is 5.75 Å². The number of methoxy groups -OCH3 is 1. The van der Waals surface area contributed by atoms with E-state index in [4.69, 9.17) is 9.47 Å². The monoisotopic (exact) mass is 636 g/mol. The third-order valence-electron chi connectivity index (χ3n) is 6.84. The van der Waals surface area contributed by atoms with Crippen LogP contribution in [0.4, 0.5) is 11.4 Å². The molecule has 0 spiro atoms. The average molecular weight is 637 g/mol. The van der Waals surface area contributed by atoms with E-state index in [1.807, 2.05) is 17.5 Å². The number of allylic oxidation sites excluding steroid dienone is 1. The summed E-state index contributed by atoms with van der Waals surface area (Å²) < 4.78 is 10.7. The summed E-state index contributed by atoms with van der Waals surface area (Å²) in [6.07, 6.45) is 2.93. The zero-order valence-corrected chi connectivity index (χ0v) is 24.7. The maximum atomic E-state index is 13.5. The molecular formula is C29H24N4O9S2. The van der Waals surface area contributed by atoms with E-state index in [1.54, 1.807) is 24.3 Å². The lowest BCUT2D eigenvalue weighted by Gasteiger charge is -2.49. The summed E-state index contributed by atoms with van der Waals surface area (Å²) in [5.41, 5.74) is 0.126. The van der Waals surface area contributed by atoms with Crippen molar-refractivity contribution >= 4 is 58.3 Å². The number of rotatable bonds is 11. The fourth-order valence-corrected chi connectivity index (χ4v) is 6.65. The number of thioether (sulfide) groups is 1. The first-order valence-corrected chi connectivity index (χ1v) is 15.0. The number of ether oxygens (including phenoxy) is 2. The number of nitro benzene ring substituents is 2. The number of amides is 2. The lowest BCUT2D eigenvalue weighted by molar-refractivity contribution is -0.394. The van der Waals surface area contributed by atoms with Crippen LogP contribution in [0.2, 0.25) is 0 Å². The molecule has 1 aromatic heterocycles. The zero-order chi connectivity index (χ0) is 31.4. The molecule has 1 fully saturated rings. The number of carbonyl (C=O) groups excluding carboxylic acids is 3. The van der Waals surface area contributed by atoms with Crippen molar-refractivity contribution < 1.29 is 33.7 Å². The molecule has 15 heteroatoms. The van der Waals surface area contributed by atoms with E-state index in [2.05, 4.69) is 5.32 Å². The second-order valence-corrected chi connectivity index (χ2v) is 11.7. The number of hydrogen-bond acceptors (Lipinski definition) is 11. The van der Waals surface area contributed by atoms with Crippen molar-refractivity contribution in [3.63, 3.8) is 0 Å². The van der Waals surface area contributed by atoms with Crippen molar-refractivity contribution in [2.45, 2.75) is 24.4 Å². The van der Waals surface area contributed by atoms with Crippen LogP contribution >= 0.6 is 23.1 Å². The summed E-state index contributed by atoms with van der Waals surface area (Å²) in [5.74, 6) is -0.766. The number of β-lactam (4-membered cyclic amide) rings is 1. The molecule has 44 heavy (non-hydrogen) atoms. The Balaban J connectivity index is 1.41. The largest absolute Gasteiger partial charge is 0.497 e. The number of hydrogen-bond donors (Lipinski definition) is 1. The normalized spacial score (nSPS) is 17.6. The van der Waals surface area contributed by atoms with Gasteiger partial charge in [-0.1, -0.05) is 24.3 Å². The van der Waals surface area contributed by atoms with Gasteiger partial charge in [0.25, 0.3) is 17.3 Å². The van der Waals surface area contributed by atoms with Crippen molar-refractivity contribution in [3.05, 3.63) is 114 Å². The van der Waals surface area contributed by atoms with E-state index < -0.39 is 44.5 Å². The highest BCUT2D eigenvalue weighted by Gasteiger charge is 2.54. The predicted octanol–water partition coefficient (Wildman–Crippen LogP) is 4.23. The summed E-state index contributed by atoms with van der Waals surface area (Å²) in [5, 5.41) is 26.8. The van der Waals surface area contributed by atoms with Gasteiger partial charge < -0.3 is 14.8 Å². The minimum absolute atomic E-state index is 0.0446. The molecule has 226 valence electrons. The van der Waals surface area contributed by atoms with E-state index in [0.717, 1.165) is 17.0 Å². The van der Waals surface area contributed by atoms with Gasteiger partial charge in [0.1, 0.15) is 29.5 Å². The highest BCUT2D eigenvalue weighted by atomic mass is 32.2. The van der Waals surface area contributed by atoms with Gasteiger partial charge in [-0.05, 0) is 46.9 Å². The second-order valence-electron chi connectivity index (χ2n) is 9.60. The summed E-state index contributed by atoms with van der Waals surface area (Å²) in [7, 11) is 1.53. The molecule has 2 atom stereocenters. The van der Waals surface area contributed by atoms with Crippen LogP contribution in [-0.2, 0) is 32.1 Å². The molecule has 2 amide bonds. The predicted molar refractivity (Wildman–Crippen MR) is 162 cm³/mol. The summed E-state index contributed by atoms with van der Waals surface area (Å²) >= 11 is 2.74.